The molecule has 94 valence electrons. The standard InChI is InChI=1S/C15H13N3O/c16-12-5-4-8-14(9-12)18(15-10-17-11-19-15)13-6-2-1-3-7-13/h1-11H,16H2. The smallest absolute Gasteiger partial charge is 0.224 e. The number of nitrogens with zero attached hydrogens (tertiary/aromatic N) is 2. The normalized spacial score (nSPS) is 10.3. The van der Waals surface area contributed by atoms with E-state index in [1.165, 1.54) is 6.39 Å². The summed E-state index contributed by atoms with van der Waals surface area (Å²) in [5.41, 5.74) is 8.49. The van der Waals surface area contributed by atoms with Crippen LogP contribution in [-0.4, -0.2) is 4.98 Å². The highest BCUT2D eigenvalue weighted by molar-refractivity contribution is 5.74. The van der Waals surface area contributed by atoms with Crippen LogP contribution >= 0.6 is 0 Å². The van der Waals surface area contributed by atoms with Crippen molar-refractivity contribution in [3.63, 3.8) is 0 Å². The lowest BCUT2D eigenvalue weighted by atomic mass is 10.2. The number of para-hydroxylation sites is 1. The zero-order chi connectivity index (χ0) is 13.1. The number of rotatable bonds is 3. The molecule has 0 spiro atoms. The van der Waals surface area contributed by atoms with E-state index in [-0.39, 0.29) is 0 Å². The van der Waals surface area contributed by atoms with Crippen molar-refractivity contribution in [2.45, 2.75) is 0 Å². The second kappa shape index (κ2) is 4.86. The Morgan fingerprint density at radius 1 is 0.947 bits per heavy atom. The van der Waals surface area contributed by atoms with Gasteiger partial charge < -0.3 is 10.2 Å². The highest BCUT2D eigenvalue weighted by Gasteiger charge is 2.14. The summed E-state index contributed by atoms with van der Waals surface area (Å²) in [4.78, 5) is 5.94. The zero-order valence-corrected chi connectivity index (χ0v) is 10.2. The van der Waals surface area contributed by atoms with E-state index in [9.17, 15) is 0 Å². The molecular formula is C15H13N3O. The molecule has 4 nitrogen and oxygen atoms in total. The van der Waals surface area contributed by atoms with Gasteiger partial charge in [0, 0.05) is 11.4 Å². The molecule has 0 fully saturated rings. The molecule has 0 radical (unpaired) electrons. The predicted molar refractivity (Wildman–Crippen MR) is 75.6 cm³/mol. The van der Waals surface area contributed by atoms with Crippen LogP contribution in [0.5, 0.6) is 0 Å². The van der Waals surface area contributed by atoms with Crippen LogP contribution in [0.2, 0.25) is 0 Å². The monoisotopic (exact) mass is 251 g/mol. The van der Waals surface area contributed by atoms with Crippen LogP contribution in [-0.2, 0) is 0 Å². The third-order valence-electron chi connectivity index (χ3n) is 2.78. The molecule has 3 rings (SSSR count). The van der Waals surface area contributed by atoms with E-state index in [1.54, 1.807) is 6.20 Å². The van der Waals surface area contributed by atoms with Gasteiger partial charge in [0.25, 0.3) is 0 Å². The first-order valence-electron chi connectivity index (χ1n) is 5.94. The maximum absolute atomic E-state index is 5.85. The highest BCUT2D eigenvalue weighted by atomic mass is 16.4. The SMILES string of the molecule is Nc1cccc(N(c2ccccc2)c2cnco2)c1. The van der Waals surface area contributed by atoms with Crippen molar-refractivity contribution < 1.29 is 4.42 Å². The van der Waals surface area contributed by atoms with E-state index in [2.05, 4.69) is 4.98 Å². The molecule has 1 heterocycles. The molecule has 4 heteroatoms. The molecule has 0 aliphatic carbocycles. The summed E-state index contributed by atoms with van der Waals surface area (Å²) in [5.74, 6) is 0.650. The molecule has 0 amide bonds. The van der Waals surface area contributed by atoms with Gasteiger partial charge in [0.2, 0.25) is 5.88 Å². The van der Waals surface area contributed by atoms with Crippen LogP contribution < -0.4 is 10.6 Å². The van der Waals surface area contributed by atoms with E-state index >= 15 is 0 Å². The molecule has 0 saturated heterocycles. The number of hydrogen-bond acceptors (Lipinski definition) is 4. The third kappa shape index (κ3) is 2.28. The quantitative estimate of drug-likeness (QED) is 0.721. The van der Waals surface area contributed by atoms with E-state index in [0.29, 0.717) is 11.6 Å². The number of aromatic nitrogens is 1. The number of oxazole rings is 1. The Bertz CT molecular complexity index is 650. The second-order valence-corrected chi connectivity index (χ2v) is 4.11. The molecule has 0 saturated carbocycles. The highest BCUT2D eigenvalue weighted by Crippen LogP contribution is 2.34. The number of benzene rings is 2. The molecule has 3 aromatic rings. The summed E-state index contributed by atoms with van der Waals surface area (Å²) in [7, 11) is 0. The molecule has 0 aliphatic heterocycles. The van der Waals surface area contributed by atoms with Crippen molar-refractivity contribution in [2.75, 3.05) is 10.6 Å². The van der Waals surface area contributed by atoms with Crippen molar-refractivity contribution in [2.24, 2.45) is 0 Å². The molecule has 0 aliphatic rings. The van der Waals surface area contributed by atoms with E-state index < -0.39 is 0 Å². The Labute approximate surface area is 111 Å². The van der Waals surface area contributed by atoms with Crippen LogP contribution in [0.15, 0.2) is 71.6 Å². The van der Waals surface area contributed by atoms with Crippen molar-refractivity contribution in [1.82, 2.24) is 4.98 Å². The summed E-state index contributed by atoms with van der Waals surface area (Å²) in [6.45, 7) is 0. The van der Waals surface area contributed by atoms with E-state index in [0.717, 1.165) is 11.4 Å². The van der Waals surface area contributed by atoms with Gasteiger partial charge in [0.1, 0.15) is 0 Å². The first-order chi connectivity index (χ1) is 9.34. The third-order valence-corrected chi connectivity index (χ3v) is 2.78. The van der Waals surface area contributed by atoms with Gasteiger partial charge in [-0.15, -0.1) is 0 Å². The Hall–Kier alpha value is -2.75. The van der Waals surface area contributed by atoms with Crippen LogP contribution in [0, 0.1) is 0 Å². The van der Waals surface area contributed by atoms with Crippen molar-refractivity contribution in [3.8, 4) is 0 Å². The lowest BCUT2D eigenvalue weighted by Gasteiger charge is -2.21. The maximum atomic E-state index is 5.85. The zero-order valence-electron chi connectivity index (χ0n) is 10.2. The van der Waals surface area contributed by atoms with Crippen LogP contribution in [0.1, 0.15) is 0 Å². The number of nitrogens with two attached hydrogens (primary N) is 1. The van der Waals surface area contributed by atoms with Gasteiger partial charge in [-0.2, -0.15) is 0 Å². The molecule has 0 unspecified atom stereocenters. The van der Waals surface area contributed by atoms with Gasteiger partial charge in [0.15, 0.2) is 6.39 Å². The average molecular weight is 251 g/mol. The van der Waals surface area contributed by atoms with Gasteiger partial charge in [-0.1, -0.05) is 24.3 Å². The topological polar surface area (TPSA) is 55.3 Å². The van der Waals surface area contributed by atoms with Crippen molar-refractivity contribution in [3.05, 3.63) is 67.2 Å². The van der Waals surface area contributed by atoms with Crippen LogP contribution in [0.25, 0.3) is 0 Å². The largest absolute Gasteiger partial charge is 0.427 e. The predicted octanol–water partition coefficient (Wildman–Crippen LogP) is 3.73. The summed E-state index contributed by atoms with van der Waals surface area (Å²) in [6, 6.07) is 17.6. The van der Waals surface area contributed by atoms with Gasteiger partial charge in [0.05, 0.1) is 11.9 Å². The second-order valence-electron chi connectivity index (χ2n) is 4.11. The molecule has 19 heavy (non-hydrogen) atoms. The van der Waals surface area contributed by atoms with Gasteiger partial charge >= 0.3 is 0 Å². The first kappa shape index (κ1) is 11.3. The Morgan fingerprint density at radius 2 is 1.74 bits per heavy atom. The number of hydrogen-bond donors (Lipinski definition) is 1. The minimum absolute atomic E-state index is 0.650. The maximum Gasteiger partial charge on any atom is 0.224 e. The fourth-order valence-corrected chi connectivity index (χ4v) is 1.96. The van der Waals surface area contributed by atoms with Gasteiger partial charge in [-0.3, -0.25) is 4.90 Å². The lowest BCUT2D eigenvalue weighted by molar-refractivity contribution is 0.564. The van der Waals surface area contributed by atoms with Crippen LogP contribution in [0.3, 0.4) is 0 Å². The Kier molecular flexibility index (Phi) is 2.90. The minimum atomic E-state index is 0.650. The summed E-state index contributed by atoms with van der Waals surface area (Å²) >= 11 is 0. The molecule has 1 aromatic heterocycles. The molecule has 2 N–H and O–H groups in total. The summed E-state index contributed by atoms with van der Waals surface area (Å²) in [6.07, 6.45) is 3.09. The number of anilines is 4. The first-order valence-corrected chi connectivity index (χ1v) is 5.94. The van der Waals surface area contributed by atoms with E-state index in [1.807, 2.05) is 59.5 Å². The van der Waals surface area contributed by atoms with E-state index in [4.69, 9.17) is 10.2 Å². The summed E-state index contributed by atoms with van der Waals surface area (Å²) < 4.78 is 5.42. The Balaban J connectivity index is 2.12. The van der Waals surface area contributed by atoms with Crippen molar-refractivity contribution in [1.29, 1.82) is 0 Å². The van der Waals surface area contributed by atoms with Crippen LogP contribution in [0.4, 0.5) is 22.9 Å². The molecular weight excluding hydrogens is 238 g/mol. The van der Waals surface area contributed by atoms with Crippen molar-refractivity contribution >= 4 is 22.9 Å². The summed E-state index contributed by atoms with van der Waals surface area (Å²) in [5, 5.41) is 0. The van der Waals surface area contributed by atoms with Gasteiger partial charge in [-0.05, 0) is 30.3 Å². The fourth-order valence-electron chi connectivity index (χ4n) is 1.96. The van der Waals surface area contributed by atoms with Gasteiger partial charge in [-0.25, -0.2) is 4.98 Å². The minimum Gasteiger partial charge on any atom is -0.427 e. The average Bonchev–Trinajstić information content (AvgIpc) is 2.94. The lowest BCUT2D eigenvalue weighted by Crippen LogP contribution is -2.09. The Morgan fingerprint density at radius 3 is 2.42 bits per heavy atom. The number of nitrogen functional groups attached to an aromatic ring is 1. The fraction of sp³-hybridized carbons (Fsp3) is 0. The molecule has 0 atom stereocenters. The molecule has 2 aromatic carbocycles. The molecule has 0 bridgehead atoms.